The molecule has 4 nitrogen and oxygen atoms in total. The van der Waals surface area contributed by atoms with Crippen molar-refractivity contribution >= 4 is 39.8 Å². The summed E-state index contributed by atoms with van der Waals surface area (Å²) < 4.78 is 2.26. The summed E-state index contributed by atoms with van der Waals surface area (Å²) in [5.74, 6) is -0.00875. The van der Waals surface area contributed by atoms with Gasteiger partial charge in [-0.05, 0) is 40.6 Å². The van der Waals surface area contributed by atoms with Crippen LogP contribution in [0.3, 0.4) is 0 Å². The number of amides is 1. The fourth-order valence-electron chi connectivity index (χ4n) is 4.72. The number of hydrogen-bond acceptors (Lipinski definition) is 3. The molecular weight excluding hydrogens is 486 g/mol. The molecule has 38 heavy (non-hydrogen) atoms. The zero-order valence-corrected chi connectivity index (χ0v) is 21.7. The van der Waals surface area contributed by atoms with Gasteiger partial charge in [0.1, 0.15) is 0 Å². The Balaban J connectivity index is 1.35. The van der Waals surface area contributed by atoms with Gasteiger partial charge in [-0.25, -0.2) is 0 Å². The number of thioether (sulfide) groups is 1. The highest BCUT2D eigenvalue weighted by molar-refractivity contribution is 8.18. The Morgan fingerprint density at radius 1 is 0.684 bits per heavy atom. The molecule has 4 aromatic carbocycles. The molecule has 0 radical (unpaired) electrons. The highest BCUT2D eigenvalue weighted by Crippen LogP contribution is 2.35. The highest BCUT2D eigenvalue weighted by Gasteiger charge is 2.33. The monoisotopic (exact) mass is 513 g/mol. The van der Waals surface area contributed by atoms with Crippen LogP contribution in [0, 0.1) is 0 Å². The van der Waals surface area contributed by atoms with Gasteiger partial charge in [0.25, 0.3) is 5.91 Å². The van der Waals surface area contributed by atoms with E-state index in [1.807, 2.05) is 60.7 Å². The van der Waals surface area contributed by atoms with Gasteiger partial charge in [0.2, 0.25) is 0 Å². The van der Waals surface area contributed by atoms with Crippen molar-refractivity contribution in [3.05, 3.63) is 149 Å². The van der Waals surface area contributed by atoms with Gasteiger partial charge in [-0.3, -0.25) is 14.7 Å². The molecule has 0 spiro atoms. The van der Waals surface area contributed by atoms with Gasteiger partial charge in [-0.2, -0.15) is 0 Å². The first-order chi connectivity index (χ1) is 18.7. The number of rotatable bonds is 7. The van der Waals surface area contributed by atoms with Crippen molar-refractivity contribution < 1.29 is 4.79 Å². The molecule has 1 amide bonds. The molecule has 0 bridgehead atoms. The lowest BCUT2D eigenvalue weighted by molar-refractivity contribution is -0.122. The predicted octanol–water partition coefficient (Wildman–Crippen LogP) is 7.36. The summed E-state index contributed by atoms with van der Waals surface area (Å²) in [4.78, 5) is 21.1. The molecule has 5 heteroatoms. The molecule has 0 aliphatic carbocycles. The Kier molecular flexibility index (Phi) is 6.92. The third kappa shape index (κ3) is 5.20. The molecule has 186 valence electrons. The molecular formula is C33H27N3OS. The molecule has 0 N–H and O–H groups in total. The second-order valence-electron chi connectivity index (χ2n) is 9.29. The van der Waals surface area contributed by atoms with Crippen LogP contribution in [0.25, 0.3) is 17.0 Å². The van der Waals surface area contributed by atoms with Crippen LogP contribution >= 0.6 is 11.8 Å². The lowest BCUT2D eigenvalue weighted by atomic mass is 10.1. The van der Waals surface area contributed by atoms with E-state index in [1.54, 1.807) is 4.90 Å². The van der Waals surface area contributed by atoms with Crippen molar-refractivity contribution in [3.8, 4) is 0 Å². The lowest BCUT2D eigenvalue weighted by Crippen LogP contribution is -2.28. The number of benzene rings is 4. The second kappa shape index (κ2) is 11.0. The van der Waals surface area contributed by atoms with Gasteiger partial charge in [0, 0.05) is 29.2 Å². The van der Waals surface area contributed by atoms with E-state index >= 15 is 0 Å². The minimum absolute atomic E-state index is 0.00875. The number of hydrogen-bond donors (Lipinski definition) is 0. The molecule has 1 aromatic heterocycles. The average molecular weight is 514 g/mol. The van der Waals surface area contributed by atoms with Gasteiger partial charge in [-0.15, -0.1) is 0 Å². The predicted molar refractivity (Wildman–Crippen MR) is 158 cm³/mol. The number of carbonyl (C=O) groups excluding carboxylic acids is 1. The molecule has 1 aliphatic rings. The summed E-state index contributed by atoms with van der Waals surface area (Å²) in [7, 11) is 0. The van der Waals surface area contributed by atoms with Crippen LogP contribution in [0.4, 0.5) is 0 Å². The maximum absolute atomic E-state index is 13.7. The van der Waals surface area contributed by atoms with Crippen LogP contribution in [0.1, 0.15) is 22.3 Å². The number of para-hydroxylation sites is 1. The summed E-state index contributed by atoms with van der Waals surface area (Å²) >= 11 is 1.46. The topological polar surface area (TPSA) is 37.6 Å². The van der Waals surface area contributed by atoms with Crippen molar-refractivity contribution in [2.24, 2.45) is 4.99 Å². The lowest BCUT2D eigenvalue weighted by Gasteiger charge is -2.15. The van der Waals surface area contributed by atoms with Crippen LogP contribution in [-0.4, -0.2) is 20.5 Å². The molecule has 2 heterocycles. The van der Waals surface area contributed by atoms with E-state index < -0.39 is 0 Å². The van der Waals surface area contributed by atoms with Crippen LogP contribution in [-0.2, 0) is 24.4 Å². The smallest absolute Gasteiger partial charge is 0.267 e. The minimum atomic E-state index is -0.00875. The number of aliphatic imine (C=N–C) groups is 1. The second-order valence-corrected chi connectivity index (χ2v) is 10.3. The third-order valence-corrected chi connectivity index (χ3v) is 7.66. The van der Waals surface area contributed by atoms with Crippen molar-refractivity contribution in [2.45, 2.75) is 19.6 Å². The SMILES string of the molecule is O=C1/C(=C/c2cn(Cc3ccccc3)c3ccccc23)SC(=NCc2ccccc2)N1Cc1ccccc1. The maximum Gasteiger partial charge on any atom is 0.267 e. The van der Waals surface area contributed by atoms with Gasteiger partial charge in [0.15, 0.2) is 5.17 Å². The average Bonchev–Trinajstić information content (AvgIpc) is 3.46. The molecule has 1 aliphatic heterocycles. The first-order valence-corrected chi connectivity index (χ1v) is 13.5. The number of nitrogens with zero attached hydrogens (tertiary/aromatic N) is 3. The first-order valence-electron chi connectivity index (χ1n) is 12.7. The Bertz CT molecular complexity index is 1620. The van der Waals surface area contributed by atoms with E-state index in [1.165, 1.54) is 17.3 Å². The Labute approximate surface area is 227 Å². The molecule has 0 atom stereocenters. The summed E-state index contributed by atoms with van der Waals surface area (Å²) in [6.45, 7) is 1.80. The standard InChI is InChI=1S/C33H27N3OS/c37-32-31(20-28-24-35(22-26-14-6-2-7-15-26)30-19-11-10-18-29(28)30)38-33(34-21-25-12-4-1-5-13-25)36(32)23-27-16-8-3-9-17-27/h1-20,24H,21-23H2/b31-20-,34-33?. The van der Waals surface area contributed by atoms with Crippen molar-refractivity contribution in [2.75, 3.05) is 0 Å². The van der Waals surface area contributed by atoms with Crippen molar-refractivity contribution in [3.63, 3.8) is 0 Å². The molecule has 1 saturated heterocycles. The Morgan fingerprint density at radius 3 is 1.95 bits per heavy atom. The summed E-state index contributed by atoms with van der Waals surface area (Å²) in [6.07, 6.45) is 4.18. The summed E-state index contributed by atoms with van der Waals surface area (Å²) in [6, 6.07) is 39.1. The molecule has 0 unspecified atom stereocenters. The van der Waals surface area contributed by atoms with Crippen molar-refractivity contribution in [1.29, 1.82) is 0 Å². The summed E-state index contributed by atoms with van der Waals surface area (Å²) in [5, 5.41) is 1.87. The van der Waals surface area contributed by atoms with E-state index in [-0.39, 0.29) is 5.91 Å². The van der Waals surface area contributed by atoms with E-state index in [2.05, 4.69) is 71.4 Å². The highest BCUT2D eigenvalue weighted by atomic mass is 32.2. The number of carbonyl (C=O) groups is 1. The maximum atomic E-state index is 13.7. The van der Waals surface area contributed by atoms with Crippen LogP contribution < -0.4 is 0 Å². The Hall–Kier alpha value is -4.35. The zero-order chi connectivity index (χ0) is 25.7. The van der Waals surface area contributed by atoms with Crippen molar-refractivity contribution in [1.82, 2.24) is 9.47 Å². The molecule has 6 rings (SSSR count). The number of fused-ring (bicyclic) bond motifs is 1. The number of aromatic nitrogens is 1. The zero-order valence-electron chi connectivity index (χ0n) is 20.9. The largest absolute Gasteiger partial charge is 0.342 e. The van der Waals surface area contributed by atoms with Gasteiger partial charge >= 0.3 is 0 Å². The van der Waals surface area contributed by atoms with Crippen LogP contribution in [0.5, 0.6) is 0 Å². The van der Waals surface area contributed by atoms with Crippen LogP contribution in [0.2, 0.25) is 0 Å². The first kappa shape index (κ1) is 24.0. The van der Waals surface area contributed by atoms with E-state index in [0.717, 1.165) is 39.3 Å². The number of amidine groups is 1. The Morgan fingerprint density at radius 2 is 1.26 bits per heavy atom. The van der Waals surface area contributed by atoms with Gasteiger partial charge in [-0.1, -0.05) is 109 Å². The fourth-order valence-corrected chi connectivity index (χ4v) is 5.68. The molecule has 0 saturated carbocycles. The van der Waals surface area contributed by atoms with Crippen LogP contribution in [0.15, 0.2) is 131 Å². The fraction of sp³-hybridized carbons (Fsp3) is 0.0909. The van der Waals surface area contributed by atoms with Gasteiger partial charge < -0.3 is 4.57 Å². The summed E-state index contributed by atoms with van der Waals surface area (Å²) in [5.41, 5.74) is 5.63. The normalized spacial score (nSPS) is 15.7. The molecule has 1 fully saturated rings. The van der Waals surface area contributed by atoms with Gasteiger partial charge in [0.05, 0.1) is 18.0 Å². The van der Waals surface area contributed by atoms with E-state index in [0.29, 0.717) is 18.0 Å². The molecule has 5 aromatic rings. The quantitative estimate of drug-likeness (QED) is 0.213. The van der Waals surface area contributed by atoms with E-state index in [9.17, 15) is 4.79 Å². The van der Waals surface area contributed by atoms with E-state index in [4.69, 9.17) is 4.99 Å². The minimum Gasteiger partial charge on any atom is -0.342 e. The third-order valence-electron chi connectivity index (χ3n) is 6.61.